The fraction of sp³-hybridized carbons (Fsp3) is 0.529. The molecular weight excluding hydrogens is 266 g/mol. The fourth-order valence-corrected chi connectivity index (χ4v) is 2.93. The molecule has 0 radical (unpaired) electrons. The molecular formula is C17H23NO3. The van der Waals surface area contributed by atoms with Crippen molar-refractivity contribution in [2.75, 3.05) is 6.54 Å². The van der Waals surface area contributed by atoms with Crippen LogP contribution in [-0.2, 0) is 4.79 Å². The Balaban J connectivity index is 1.85. The van der Waals surface area contributed by atoms with Gasteiger partial charge < -0.3 is 10.4 Å². The molecule has 0 heterocycles. The SMILES string of the molecule is Cc1ccc(C)c(C(=O)NCC2CCC(C(=O)O)CC2)c1. The van der Waals surface area contributed by atoms with E-state index < -0.39 is 5.97 Å². The minimum atomic E-state index is -0.687. The van der Waals surface area contributed by atoms with Crippen LogP contribution in [0, 0.1) is 25.7 Å². The van der Waals surface area contributed by atoms with Crippen LogP contribution in [-0.4, -0.2) is 23.5 Å². The van der Waals surface area contributed by atoms with Crippen LogP contribution in [0.2, 0.25) is 0 Å². The second kappa shape index (κ2) is 6.74. The van der Waals surface area contributed by atoms with E-state index in [1.54, 1.807) is 0 Å². The Kier molecular flexibility index (Phi) is 4.99. The predicted molar refractivity (Wildman–Crippen MR) is 81.3 cm³/mol. The van der Waals surface area contributed by atoms with Crippen molar-refractivity contribution >= 4 is 11.9 Å². The second-order valence-electron chi connectivity index (χ2n) is 6.08. The van der Waals surface area contributed by atoms with Crippen LogP contribution in [0.15, 0.2) is 18.2 Å². The van der Waals surface area contributed by atoms with Gasteiger partial charge in [-0.2, -0.15) is 0 Å². The van der Waals surface area contributed by atoms with Crippen molar-refractivity contribution in [2.45, 2.75) is 39.5 Å². The highest BCUT2D eigenvalue weighted by atomic mass is 16.4. The van der Waals surface area contributed by atoms with Gasteiger partial charge in [0.25, 0.3) is 5.91 Å². The molecule has 114 valence electrons. The first-order valence-electron chi connectivity index (χ1n) is 7.55. The van der Waals surface area contributed by atoms with E-state index in [1.807, 2.05) is 32.0 Å². The largest absolute Gasteiger partial charge is 0.481 e. The molecule has 0 aromatic heterocycles. The van der Waals surface area contributed by atoms with Crippen molar-refractivity contribution in [1.29, 1.82) is 0 Å². The molecule has 0 atom stereocenters. The first-order chi connectivity index (χ1) is 9.97. The highest BCUT2D eigenvalue weighted by Crippen LogP contribution is 2.28. The summed E-state index contributed by atoms with van der Waals surface area (Å²) in [6.45, 7) is 4.55. The van der Waals surface area contributed by atoms with Gasteiger partial charge in [-0.3, -0.25) is 9.59 Å². The molecule has 1 amide bonds. The molecule has 4 heteroatoms. The Morgan fingerprint density at radius 3 is 2.48 bits per heavy atom. The van der Waals surface area contributed by atoms with Gasteiger partial charge in [0.05, 0.1) is 5.92 Å². The third-order valence-electron chi connectivity index (χ3n) is 4.38. The number of benzene rings is 1. The van der Waals surface area contributed by atoms with E-state index in [0.29, 0.717) is 12.5 Å². The quantitative estimate of drug-likeness (QED) is 0.895. The lowest BCUT2D eigenvalue weighted by Crippen LogP contribution is -2.32. The summed E-state index contributed by atoms with van der Waals surface area (Å²) < 4.78 is 0. The van der Waals surface area contributed by atoms with Crippen LogP contribution in [0.5, 0.6) is 0 Å². The maximum Gasteiger partial charge on any atom is 0.306 e. The van der Waals surface area contributed by atoms with E-state index in [1.165, 1.54) is 0 Å². The molecule has 1 aliphatic rings. The molecule has 0 unspecified atom stereocenters. The number of aliphatic carboxylic acids is 1. The molecule has 1 fully saturated rings. The van der Waals surface area contributed by atoms with E-state index in [-0.39, 0.29) is 11.8 Å². The summed E-state index contributed by atoms with van der Waals surface area (Å²) in [6.07, 6.45) is 3.20. The number of rotatable bonds is 4. The highest BCUT2D eigenvalue weighted by Gasteiger charge is 2.26. The van der Waals surface area contributed by atoms with Crippen LogP contribution < -0.4 is 5.32 Å². The number of carbonyl (C=O) groups is 2. The zero-order valence-electron chi connectivity index (χ0n) is 12.7. The first kappa shape index (κ1) is 15.5. The van der Waals surface area contributed by atoms with Gasteiger partial charge in [-0.1, -0.05) is 17.7 Å². The third-order valence-corrected chi connectivity index (χ3v) is 4.38. The number of hydrogen-bond acceptors (Lipinski definition) is 2. The number of hydrogen-bond donors (Lipinski definition) is 2. The summed E-state index contributed by atoms with van der Waals surface area (Å²) in [7, 11) is 0. The second-order valence-corrected chi connectivity index (χ2v) is 6.08. The topological polar surface area (TPSA) is 66.4 Å². The number of aryl methyl sites for hydroxylation is 2. The van der Waals surface area contributed by atoms with Crippen molar-refractivity contribution in [3.8, 4) is 0 Å². The molecule has 2 N–H and O–H groups in total. The van der Waals surface area contributed by atoms with Crippen LogP contribution in [0.3, 0.4) is 0 Å². The lowest BCUT2D eigenvalue weighted by atomic mass is 9.82. The molecule has 0 spiro atoms. The maximum absolute atomic E-state index is 12.2. The smallest absolute Gasteiger partial charge is 0.306 e. The van der Waals surface area contributed by atoms with Gasteiger partial charge in [-0.25, -0.2) is 0 Å². The number of carbonyl (C=O) groups excluding carboxylic acids is 1. The monoisotopic (exact) mass is 289 g/mol. The molecule has 1 aromatic carbocycles. The van der Waals surface area contributed by atoms with Gasteiger partial charge in [0, 0.05) is 12.1 Å². The summed E-state index contributed by atoms with van der Waals surface area (Å²) in [5.41, 5.74) is 2.79. The number of carboxylic acids is 1. The molecule has 0 aliphatic heterocycles. The van der Waals surface area contributed by atoms with E-state index >= 15 is 0 Å². The number of amides is 1. The van der Waals surface area contributed by atoms with Crippen molar-refractivity contribution in [3.05, 3.63) is 34.9 Å². The number of nitrogens with one attached hydrogen (secondary N) is 1. The molecule has 2 rings (SSSR count). The maximum atomic E-state index is 12.2. The van der Waals surface area contributed by atoms with E-state index in [0.717, 1.165) is 42.4 Å². The summed E-state index contributed by atoms with van der Waals surface area (Å²) >= 11 is 0. The van der Waals surface area contributed by atoms with Crippen molar-refractivity contribution in [2.24, 2.45) is 11.8 Å². The van der Waals surface area contributed by atoms with Gasteiger partial charge in [0.1, 0.15) is 0 Å². The van der Waals surface area contributed by atoms with Crippen LogP contribution in [0.4, 0.5) is 0 Å². The van der Waals surface area contributed by atoms with Gasteiger partial charge in [0.15, 0.2) is 0 Å². The van der Waals surface area contributed by atoms with Crippen LogP contribution in [0.25, 0.3) is 0 Å². The predicted octanol–water partition coefficient (Wildman–Crippen LogP) is 2.92. The van der Waals surface area contributed by atoms with Crippen LogP contribution in [0.1, 0.15) is 47.2 Å². The average molecular weight is 289 g/mol. The molecule has 1 aliphatic carbocycles. The Hall–Kier alpha value is -1.84. The average Bonchev–Trinajstić information content (AvgIpc) is 2.47. The van der Waals surface area contributed by atoms with Crippen molar-refractivity contribution < 1.29 is 14.7 Å². The highest BCUT2D eigenvalue weighted by molar-refractivity contribution is 5.95. The van der Waals surface area contributed by atoms with Crippen molar-refractivity contribution in [3.63, 3.8) is 0 Å². The van der Waals surface area contributed by atoms with E-state index in [4.69, 9.17) is 5.11 Å². The van der Waals surface area contributed by atoms with Gasteiger partial charge in [0.2, 0.25) is 0 Å². The zero-order chi connectivity index (χ0) is 15.4. The third kappa shape index (κ3) is 4.06. The Morgan fingerprint density at radius 1 is 1.19 bits per heavy atom. The molecule has 21 heavy (non-hydrogen) atoms. The van der Waals surface area contributed by atoms with E-state index in [2.05, 4.69) is 5.32 Å². The van der Waals surface area contributed by atoms with Crippen molar-refractivity contribution in [1.82, 2.24) is 5.32 Å². The molecule has 4 nitrogen and oxygen atoms in total. The molecule has 1 saturated carbocycles. The Bertz CT molecular complexity index is 531. The summed E-state index contributed by atoms with van der Waals surface area (Å²) in [5.74, 6) is -0.518. The summed E-state index contributed by atoms with van der Waals surface area (Å²) in [6, 6.07) is 5.87. The fourth-order valence-electron chi connectivity index (χ4n) is 2.93. The lowest BCUT2D eigenvalue weighted by Gasteiger charge is -2.26. The summed E-state index contributed by atoms with van der Waals surface area (Å²) in [4.78, 5) is 23.1. The standard InChI is InChI=1S/C17H23NO3/c1-11-3-4-12(2)15(9-11)16(19)18-10-13-5-7-14(8-6-13)17(20)21/h3-4,9,13-14H,5-8,10H2,1-2H3,(H,18,19)(H,20,21). The normalized spacial score (nSPS) is 21.8. The van der Waals surface area contributed by atoms with Gasteiger partial charge >= 0.3 is 5.97 Å². The minimum Gasteiger partial charge on any atom is -0.481 e. The Morgan fingerprint density at radius 2 is 1.86 bits per heavy atom. The summed E-state index contributed by atoms with van der Waals surface area (Å²) in [5, 5.41) is 12.0. The Labute approximate surface area is 125 Å². The molecule has 1 aromatic rings. The number of carboxylic acid groups (broad SMARTS) is 1. The van der Waals surface area contributed by atoms with Gasteiger partial charge in [-0.15, -0.1) is 0 Å². The molecule has 0 saturated heterocycles. The lowest BCUT2D eigenvalue weighted by molar-refractivity contribution is -0.143. The van der Waals surface area contributed by atoms with Crippen LogP contribution >= 0.6 is 0 Å². The first-order valence-corrected chi connectivity index (χ1v) is 7.55. The van der Waals surface area contributed by atoms with Gasteiger partial charge in [-0.05, 0) is 57.1 Å². The molecule has 0 bridgehead atoms. The zero-order valence-corrected chi connectivity index (χ0v) is 12.7. The minimum absolute atomic E-state index is 0.0310. The van der Waals surface area contributed by atoms with E-state index in [9.17, 15) is 9.59 Å².